The summed E-state index contributed by atoms with van der Waals surface area (Å²) in [7, 11) is 0. The van der Waals surface area contributed by atoms with Crippen LogP contribution in [-0.4, -0.2) is 37.2 Å². The molecule has 0 aliphatic carbocycles. The van der Waals surface area contributed by atoms with Crippen LogP contribution in [0.5, 0.6) is 0 Å². The van der Waals surface area contributed by atoms with E-state index >= 15 is 0 Å². The van der Waals surface area contributed by atoms with Crippen LogP contribution in [0.25, 0.3) is 0 Å². The molecule has 0 aromatic rings. The maximum atomic E-state index is 12.6. The fourth-order valence-corrected chi connectivity index (χ4v) is 5.88. The summed E-state index contributed by atoms with van der Waals surface area (Å²) in [6.07, 6.45) is 44.2. The fraction of sp³-hybridized carbons (Fsp3) is 0.800. The van der Waals surface area contributed by atoms with Gasteiger partial charge in [0, 0.05) is 19.3 Å². The summed E-state index contributed by atoms with van der Waals surface area (Å²) in [5.74, 6) is -0.944. The highest BCUT2D eigenvalue weighted by molar-refractivity contribution is 5.71. The van der Waals surface area contributed by atoms with E-state index in [1.54, 1.807) is 0 Å². The molecule has 0 heterocycles. The van der Waals surface area contributed by atoms with E-state index in [4.69, 9.17) is 14.2 Å². The maximum absolute atomic E-state index is 12.6. The Bertz CT molecular complexity index is 876. The van der Waals surface area contributed by atoms with Crippen LogP contribution in [0, 0.1) is 0 Å². The van der Waals surface area contributed by atoms with Gasteiger partial charge in [-0.2, -0.15) is 0 Å². The first-order valence-corrected chi connectivity index (χ1v) is 21.5. The lowest BCUT2D eigenvalue weighted by molar-refractivity contribution is -0.167. The molecule has 0 aromatic carbocycles. The third-order valence-electron chi connectivity index (χ3n) is 9.13. The number of carbonyl (C=O) groups excluding carboxylic acids is 3. The standard InChI is InChI=1S/C45H80O6/c1-4-7-10-13-16-19-21-22-23-24-27-29-32-35-38-44(47)50-41-42(40-49-43(46)37-34-31-28-25-18-15-12-9-6-3)51-45(48)39-36-33-30-26-20-17-14-11-8-5-2/h9,12,18,23-25,42H,4-8,10-11,13-17,19-22,26-41H2,1-3H3/b12-9-,24-23-,25-18-. The Labute approximate surface area is 315 Å². The molecule has 0 spiro atoms. The van der Waals surface area contributed by atoms with E-state index < -0.39 is 6.10 Å². The van der Waals surface area contributed by atoms with Crippen molar-refractivity contribution in [3.63, 3.8) is 0 Å². The second-order valence-electron chi connectivity index (χ2n) is 14.2. The number of hydrogen-bond acceptors (Lipinski definition) is 6. The van der Waals surface area contributed by atoms with Gasteiger partial charge >= 0.3 is 17.9 Å². The van der Waals surface area contributed by atoms with E-state index in [-0.39, 0.29) is 31.1 Å². The monoisotopic (exact) mass is 717 g/mol. The highest BCUT2D eigenvalue weighted by atomic mass is 16.6. The summed E-state index contributed by atoms with van der Waals surface area (Å²) >= 11 is 0. The van der Waals surface area contributed by atoms with E-state index in [0.29, 0.717) is 19.3 Å². The summed E-state index contributed by atoms with van der Waals surface area (Å²) in [6, 6.07) is 0. The molecule has 0 amide bonds. The van der Waals surface area contributed by atoms with Crippen LogP contribution in [0.2, 0.25) is 0 Å². The van der Waals surface area contributed by atoms with Gasteiger partial charge in [-0.1, -0.05) is 160 Å². The number of hydrogen-bond donors (Lipinski definition) is 0. The van der Waals surface area contributed by atoms with Crippen LogP contribution in [0.3, 0.4) is 0 Å². The van der Waals surface area contributed by atoms with Crippen LogP contribution >= 0.6 is 0 Å². The third kappa shape index (κ3) is 38.7. The Morgan fingerprint density at radius 3 is 1.25 bits per heavy atom. The summed E-state index contributed by atoms with van der Waals surface area (Å²) in [5, 5.41) is 0. The van der Waals surface area contributed by atoms with Crippen molar-refractivity contribution in [1.29, 1.82) is 0 Å². The van der Waals surface area contributed by atoms with E-state index in [9.17, 15) is 14.4 Å². The third-order valence-corrected chi connectivity index (χ3v) is 9.13. The number of carbonyl (C=O) groups is 3. The topological polar surface area (TPSA) is 78.9 Å². The predicted molar refractivity (Wildman–Crippen MR) is 215 cm³/mol. The Balaban J connectivity index is 4.38. The zero-order valence-electron chi connectivity index (χ0n) is 33.6. The normalized spacial score (nSPS) is 12.3. The molecule has 0 radical (unpaired) electrons. The van der Waals surface area contributed by atoms with Gasteiger partial charge in [-0.15, -0.1) is 0 Å². The number of ether oxygens (including phenoxy) is 3. The minimum Gasteiger partial charge on any atom is -0.462 e. The lowest BCUT2D eigenvalue weighted by Gasteiger charge is -2.18. The number of esters is 3. The van der Waals surface area contributed by atoms with E-state index in [0.717, 1.165) is 83.5 Å². The van der Waals surface area contributed by atoms with Crippen LogP contribution in [-0.2, 0) is 28.6 Å². The van der Waals surface area contributed by atoms with Gasteiger partial charge in [-0.05, 0) is 70.6 Å². The molecule has 0 saturated heterocycles. The summed E-state index contributed by atoms with van der Waals surface area (Å²) in [6.45, 7) is 6.44. The summed E-state index contributed by atoms with van der Waals surface area (Å²) in [4.78, 5) is 37.5. The molecule has 6 nitrogen and oxygen atoms in total. The van der Waals surface area contributed by atoms with Crippen LogP contribution in [0.15, 0.2) is 36.5 Å². The van der Waals surface area contributed by atoms with Gasteiger partial charge < -0.3 is 14.2 Å². The van der Waals surface area contributed by atoms with Crippen molar-refractivity contribution in [3.05, 3.63) is 36.5 Å². The van der Waals surface area contributed by atoms with Crippen LogP contribution in [0.1, 0.15) is 213 Å². The zero-order chi connectivity index (χ0) is 37.3. The molecule has 0 aliphatic heterocycles. The molecule has 0 rings (SSSR count). The second kappa shape index (κ2) is 40.4. The summed E-state index contributed by atoms with van der Waals surface area (Å²) < 4.78 is 16.6. The molecule has 0 aromatic heterocycles. The average molecular weight is 717 g/mol. The minimum atomic E-state index is -0.783. The van der Waals surface area contributed by atoms with Crippen molar-refractivity contribution in [1.82, 2.24) is 0 Å². The quantitative estimate of drug-likeness (QED) is 0.0274. The highest BCUT2D eigenvalue weighted by Crippen LogP contribution is 2.13. The van der Waals surface area contributed by atoms with Gasteiger partial charge in [0.1, 0.15) is 13.2 Å². The molecule has 1 atom stereocenters. The number of unbranched alkanes of at least 4 members (excludes halogenated alkanes) is 21. The highest BCUT2D eigenvalue weighted by Gasteiger charge is 2.19. The Morgan fingerprint density at radius 2 is 0.765 bits per heavy atom. The molecular formula is C45H80O6. The number of rotatable bonds is 38. The first-order valence-electron chi connectivity index (χ1n) is 21.5. The molecule has 1 unspecified atom stereocenters. The fourth-order valence-electron chi connectivity index (χ4n) is 5.88. The molecular weight excluding hydrogens is 636 g/mol. The molecule has 0 N–H and O–H groups in total. The van der Waals surface area contributed by atoms with Crippen molar-refractivity contribution in [2.45, 2.75) is 219 Å². The van der Waals surface area contributed by atoms with Crippen molar-refractivity contribution in [3.8, 4) is 0 Å². The lowest BCUT2D eigenvalue weighted by atomic mass is 10.1. The molecule has 51 heavy (non-hydrogen) atoms. The predicted octanol–water partition coefficient (Wildman–Crippen LogP) is 13.4. The lowest BCUT2D eigenvalue weighted by Crippen LogP contribution is -2.30. The van der Waals surface area contributed by atoms with Crippen molar-refractivity contribution < 1.29 is 28.6 Å². The molecule has 0 aliphatic rings. The minimum absolute atomic E-state index is 0.0888. The number of allylic oxidation sites excluding steroid dienone is 6. The zero-order valence-corrected chi connectivity index (χ0v) is 33.6. The van der Waals surface area contributed by atoms with Crippen molar-refractivity contribution in [2.24, 2.45) is 0 Å². The maximum Gasteiger partial charge on any atom is 0.306 e. The molecule has 0 fully saturated rings. The van der Waals surface area contributed by atoms with E-state index in [2.05, 4.69) is 57.2 Å². The van der Waals surface area contributed by atoms with E-state index in [1.165, 1.54) is 89.9 Å². The van der Waals surface area contributed by atoms with Crippen LogP contribution in [0.4, 0.5) is 0 Å². The Morgan fingerprint density at radius 1 is 0.412 bits per heavy atom. The van der Waals surface area contributed by atoms with Crippen molar-refractivity contribution in [2.75, 3.05) is 13.2 Å². The van der Waals surface area contributed by atoms with Gasteiger partial charge in [0.2, 0.25) is 0 Å². The first kappa shape index (κ1) is 48.6. The van der Waals surface area contributed by atoms with Gasteiger partial charge in [0.25, 0.3) is 0 Å². The Kier molecular flexibility index (Phi) is 38.5. The largest absolute Gasteiger partial charge is 0.462 e. The first-order chi connectivity index (χ1) is 25.0. The molecule has 0 saturated carbocycles. The van der Waals surface area contributed by atoms with E-state index in [1.807, 2.05) is 0 Å². The van der Waals surface area contributed by atoms with Gasteiger partial charge in [0.15, 0.2) is 6.10 Å². The smallest absolute Gasteiger partial charge is 0.306 e. The molecule has 296 valence electrons. The van der Waals surface area contributed by atoms with Gasteiger partial charge in [0.05, 0.1) is 0 Å². The van der Waals surface area contributed by atoms with Crippen molar-refractivity contribution >= 4 is 17.9 Å². The van der Waals surface area contributed by atoms with Gasteiger partial charge in [-0.25, -0.2) is 0 Å². The average Bonchev–Trinajstić information content (AvgIpc) is 3.12. The van der Waals surface area contributed by atoms with Gasteiger partial charge in [-0.3, -0.25) is 14.4 Å². The summed E-state index contributed by atoms with van der Waals surface area (Å²) in [5.41, 5.74) is 0. The SMILES string of the molecule is CC/C=C\C/C=C\CCCCC(=O)OCC(COC(=O)CCCCC/C=C\CCCCCCCCC)OC(=O)CCCCCCCCCCCC. The van der Waals surface area contributed by atoms with Crippen LogP contribution < -0.4 is 0 Å². The molecule has 0 bridgehead atoms. The molecule has 6 heteroatoms. The second-order valence-corrected chi connectivity index (χ2v) is 14.2. The Hall–Kier alpha value is -2.37.